The molecule has 3 aliphatic heterocycles. The van der Waals surface area contributed by atoms with E-state index in [0.29, 0.717) is 17.7 Å². The van der Waals surface area contributed by atoms with E-state index < -0.39 is 0 Å². The van der Waals surface area contributed by atoms with E-state index in [-0.39, 0.29) is 18.1 Å². The lowest BCUT2D eigenvalue weighted by Crippen LogP contribution is -2.49. The molecule has 5 heteroatoms. The second-order valence-electron chi connectivity index (χ2n) is 6.06. The molecule has 4 unspecified atom stereocenters. The monoisotopic (exact) mass is 304 g/mol. The van der Waals surface area contributed by atoms with Crippen molar-refractivity contribution >= 4 is 17.7 Å². The van der Waals surface area contributed by atoms with Crippen molar-refractivity contribution < 1.29 is 9.63 Å². The minimum atomic E-state index is 0.202. The van der Waals surface area contributed by atoms with Crippen molar-refractivity contribution in [2.24, 2.45) is 0 Å². The van der Waals surface area contributed by atoms with E-state index in [4.69, 9.17) is 4.84 Å². The number of nitrogens with one attached hydrogen (secondary N) is 1. The highest BCUT2D eigenvalue weighted by Crippen LogP contribution is 2.42. The Hall–Kier alpha value is -1.04. The first-order valence-corrected chi connectivity index (χ1v) is 8.74. The second kappa shape index (κ2) is 5.63. The van der Waals surface area contributed by atoms with Crippen LogP contribution in [0.2, 0.25) is 0 Å². The van der Waals surface area contributed by atoms with Gasteiger partial charge in [0, 0.05) is 18.7 Å². The molecular formula is C16H20N2O2S. The summed E-state index contributed by atoms with van der Waals surface area (Å²) in [5.41, 5.74) is 1.26. The molecule has 4 atom stereocenters. The largest absolute Gasteiger partial charge is 0.351 e. The lowest BCUT2D eigenvalue weighted by Gasteiger charge is -2.28. The maximum absolute atomic E-state index is 11.9. The minimum absolute atomic E-state index is 0.202. The van der Waals surface area contributed by atoms with Crippen LogP contribution in [0, 0.1) is 0 Å². The summed E-state index contributed by atoms with van der Waals surface area (Å²) in [6.07, 6.45) is 2.81. The van der Waals surface area contributed by atoms with Gasteiger partial charge in [0.1, 0.15) is 0 Å². The first-order valence-electron chi connectivity index (χ1n) is 7.69. The van der Waals surface area contributed by atoms with Crippen LogP contribution in [0.5, 0.6) is 0 Å². The maximum Gasteiger partial charge on any atom is 0.220 e. The van der Waals surface area contributed by atoms with Crippen LogP contribution in [0.15, 0.2) is 30.3 Å². The molecule has 1 N–H and O–H groups in total. The first-order chi connectivity index (χ1) is 10.3. The van der Waals surface area contributed by atoms with Gasteiger partial charge < -0.3 is 5.32 Å². The van der Waals surface area contributed by atoms with Gasteiger partial charge in [0.25, 0.3) is 0 Å². The molecule has 0 aliphatic carbocycles. The van der Waals surface area contributed by atoms with Crippen molar-refractivity contribution in [1.29, 1.82) is 0 Å². The number of benzene rings is 1. The molecule has 0 aromatic heterocycles. The summed E-state index contributed by atoms with van der Waals surface area (Å²) in [7, 11) is 0. The molecule has 1 aromatic carbocycles. The van der Waals surface area contributed by atoms with Crippen molar-refractivity contribution in [1.82, 2.24) is 10.4 Å². The topological polar surface area (TPSA) is 41.6 Å². The Kier molecular flexibility index (Phi) is 3.65. The van der Waals surface area contributed by atoms with Gasteiger partial charge in [-0.05, 0) is 18.4 Å². The van der Waals surface area contributed by atoms with Gasteiger partial charge in [0.05, 0.1) is 23.4 Å². The summed E-state index contributed by atoms with van der Waals surface area (Å²) in [4.78, 5) is 18.2. The predicted octanol–water partition coefficient (Wildman–Crippen LogP) is 1.96. The first kappa shape index (κ1) is 13.6. The molecule has 1 amide bonds. The van der Waals surface area contributed by atoms with E-state index in [1.54, 1.807) is 0 Å². The van der Waals surface area contributed by atoms with Gasteiger partial charge in [-0.3, -0.25) is 9.63 Å². The Morgan fingerprint density at radius 1 is 1.33 bits per heavy atom. The normalized spacial score (nSPS) is 35.9. The molecule has 4 rings (SSSR count). The van der Waals surface area contributed by atoms with Crippen LogP contribution in [-0.4, -0.2) is 40.2 Å². The molecule has 4 nitrogen and oxygen atoms in total. The van der Waals surface area contributed by atoms with E-state index >= 15 is 0 Å². The van der Waals surface area contributed by atoms with Gasteiger partial charge in [-0.25, -0.2) is 0 Å². The molecule has 0 spiro atoms. The molecule has 112 valence electrons. The quantitative estimate of drug-likeness (QED) is 0.907. The van der Waals surface area contributed by atoms with Crippen molar-refractivity contribution in [3.05, 3.63) is 35.9 Å². The molecule has 3 saturated heterocycles. The Morgan fingerprint density at radius 3 is 3.05 bits per heavy atom. The summed E-state index contributed by atoms with van der Waals surface area (Å²) in [6.45, 7) is 0.797. The van der Waals surface area contributed by atoms with Crippen LogP contribution in [0.1, 0.15) is 24.8 Å². The van der Waals surface area contributed by atoms with Crippen LogP contribution < -0.4 is 5.32 Å². The van der Waals surface area contributed by atoms with E-state index in [1.807, 2.05) is 17.8 Å². The zero-order chi connectivity index (χ0) is 14.2. The van der Waals surface area contributed by atoms with Gasteiger partial charge in [0.15, 0.2) is 0 Å². The molecule has 0 saturated carbocycles. The molecule has 0 radical (unpaired) electrons. The number of rotatable bonds is 2. The number of nitrogens with zero attached hydrogens (tertiary/aromatic N) is 1. The summed E-state index contributed by atoms with van der Waals surface area (Å²) in [6, 6.07) is 11.0. The predicted molar refractivity (Wildman–Crippen MR) is 82.7 cm³/mol. The highest BCUT2D eigenvalue weighted by molar-refractivity contribution is 8.00. The third kappa shape index (κ3) is 2.58. The molecular weight excluding hydrogens is 284 g/mol. The zero-order valence-corrected chi connectivity index (χ0v) is 12.7. The van der Waals surface area contributed by atoms with Gasteiger partial charge in [0.2, 0.25) is 5.91 Å². The molecule has 4 bridgehead atoms. The van der Waals surface area contributed by atoms with Gasteiger partial charge >= 0.3 is 0 Å². The fourth-order valence-electron chi connectivity index (χ4n) is 3.63. The van der Waals surface area contributed by atoms with Crippen LogP contribution in [0.4, 0.5) is 0 Å². The van der Waals surface area contributed by atoms with Crippen molar-refractivity contribution in [3.8, 4) is 0 Å². The molecule has 3 heterocycles. The molecule has 3 fully saturated rings. The van der Waals surface area contributed by atoms with Crippen LogP contribution in [-0.2, 0) is 16.2 Å². The number of amides is 1. The number of hydroxylamine groups is 2. The van der Waals surface area contributed by atoms with Crippen LogP contribution >= 0.6 is 11.8 Å². The molecule has 3 aliphatic rings. The van der Waals surface area contributed by atoms with E-state index in [1.165, 1.54) is 5.56 Å². The summed E-state index contributed by atoms with van der Waals surface area (Å²) in [5, 5.41) is 5.84. The smallest absolute Gasteiger partial charge is 0.220 e. The SMILES string of the molecule is O=C1CCCC2ON(Cc3ccccc3)C3C(CSC23)N1. The van der Waals surface area contributed by atoms with Gasteiger partial charge in [-0.2, -0.15) is 16.8 Å². The fraction of sp³-hybridized carbons (Fsp3) is 0.562. The van der Waals surface area contributed by atoms with Crippen molar-refractivity contribution in [3.63, 3.8) is 0 Å². The molecule has 1 aromatic rings. The number of hydrogen-bond donors (Lipinski definition) is 1. The third-order valence-electron chi connectivity index (χ3n) is 4.61. The maximum atomic E-state index is 11.9. The summed E-state index contributed by atoms with van der Waals surface area (Å²) in [5.74, 6) is 1.21. The highest BCUT2D eigenvalue weighted by Gasteiger charge is 2.52. The Labute approximate surface area is 129 Å². The summed E-state index contributed by atoms with van der Waals surface area (Å²) >= 11 is 1.96. The lowest BCUT2D eigenvalue weighted by molar-refractivity contribution is -0.176. The van der Waals surface area contributed by atoms with Crippen LogP contribution in [0.3, 0.4) is 0 Å². The Bertz CT molecular complexity index is 524. The number of carbonyl (C=O) groups is 1. The minimum Gasteiger partial charge on any atom is -0.351 e. The zero-order valence-electron chi connectivity index (χ0n) is 11.9. The van der Waals surface area contributed by atoms with Gasteiger partial charge in [-0.15, -0.1) is 0 Å². The van der Waals surface area contributed by atoms with E-state index in [0.717, 1.165) is 25.1 Å². The Balaban J connectivity index is 1.57. The summed E-state index contributed by atoms with van der Waals surface area (Å²) < 4.78 is 0. The third-order valence-corrected chi connectivity index (χ3v) is 6.13. The average molecular weight is 304 g/mol. The number of thioether (sulfide) groups is 1. The second-order valence-corrected chi connectivity index (χ2v) is 7.27. The molecule has 21 heavy (non-hydrogen) atoms. The van der Waals surface area contributed by atoms with E-state index in [9.17, 15) is 4.79 Å². The highest BCUT2D eigenvalue weighted by atomic mass is 32.2. The van der Waals surface area contributed by atoms with Crippen molar-refractivity contribution in [2.75, 3.05) is 5.75 Å². The fourth-order valence-corrected chi connectivity index (χ4v) is 5.26. The number of carbonyl (C=O) groups excluding carboxylic acids is 1. The Morgan fingerprint density at radius 2 is 2.19 bits per heavy atom. The van der Waals surface area contributed by atoms with Gasteiger partial charge in [-0.1, -0.05) is 30.3 Å². The standard InChI is InChI=1S/C16H20N2O2S/c19-14-8-4-7-13-16-15(12(17-14)10-21-16)18(20-13)9-11-5-2-1-3-6-11/h1-3,5-6,12-13,15-16H,4,7-10H2,(H,17,19). The lowest BCUT2D eigenvalue weighted by atomic mass is 10.0. The average Bonchev–Trinajstić information content (AvgIpc) is 3.05. The van der Waals surface area contributed by atoms with Crippen molar-refractivity contribution in [2.45, 2.75) is 49.2 Å². The van der Waals surface area contributed by atoms with Crippen LogP contribution in [0.25, 0.3) is 0 Å². The number of hydrogen-bond acceptors (Lipinski definition) is 4. The van der Waals surface area contributed by atoms with E-state index in [2.05, 4.69) is 34.6 Å².